The fourth-order valence-corrected chi connectivity index (χ4v) is 3.57. The summed E-state index contributed by atoms with van der Waals surface area (Å²) < 4.78 is 32.4. The summed E-state index contributed by atoms with van der Waals surface area (Å²) in [5.74, 6) is -0.226. The van der Waals surface area contributed by atoms with Gasteiger partial charge in [-0.05, 0) is 44.0 Å². The normalized spacial score (nSPS) is 17.3. The average molecular weight is 326 g/mol. The molecule has 1 fully saturated rings. The van der Waals surface area contributed by atoms with Crippen LogP contribution in [-0.2, 0) is 19.6 Å². The van der Waals surface area contributed by atoms with Gasteiger partial charge in [0.15, 0.2) is 0 Å². The molecule has 0 aliphatic carbocycles. The van der Waals surface area contributed by atoms with Gasteiger partial charge in [-0.3, -0.25) is 4.79 Å². The molecule has 0 unspecified atom stereocenters. The van der Waals surface area contributed by atoms with E-state index >= 15 is 0 Å². The largest absolute Gasteiger partial charge is 0.378 e. The molecule has 1 amide bonds. The Hall–Kier alpha value is -1.44. The van der Waals surface area contributed by atoms with Gasteiger partial charge in [0.05, 0.1) is 24.2 Å². The lowest BCUT2D eigenvalue weighted by Crippen LogP contribution is -2.50. The molecule has 1 aliphatic rings. The summed E-state index contributed by atoms with van der Waals surface area (Å²) in [5.41, 5.74) is 1.92. The molecule has 1 aromatic rings. The van der Waals surface area contributed by atoms with Gasteiger partial charge in [-0.15, -0.1) is 0 Å². The molecule has 1 heterocycles. The SMILES string of the molecule is Cc1ccc(S(=O)(=O)N[C@@H](C)C(=O)N2CCOCC2)cc1C. The number of hydrogen-bond donors (Lipinski definition) is 1. The number of nitrogens with one attached hydrogen (secondary N) is 1. The average Bonchev–Trinajstić information content (AvgIpc) is 2.49. The molecule has 0 spiro atoms. The third-order valence-corrected chi connectivity index (χ3v) is 5.35. The van der Waals surface area contributed by atoms with E-state index in [-0.39, 0.29) is 10.8 Å². The number of rotatable bonds is 4. The number of sulfonamides is 1. The number of aryl methyl sites for hydroxylation is 2. The summed E-state index contributed by atoms with van der Waals surface area (Å²) in [5, 5.41) is 0. The van der Waals surface area contributed by atoms with Gasteiger partial charge in [0.1, 0.15) is 0 Å². The number of morpholine rings is 1. The third kappa shape index (κ3) is 3.85. The van der Waals surface area contributed by atoms with Crippen molar-refractivity contribution in [3.63, 3.8) is 0 Å². The first-order chi connectivity index (χ1) is 10.3. The van der Waals surface area contributed by atoms with Gasteiger partial charge in [-0.25, -0.2) is 8.42 Å². The molecule has 0 radical (unpaired) electrons. The maximum absolute atomic E-state index is 12.4. The fourth-order valence-electron chi connectivity index (χ4n) is 2.29. The van der Waals surface area contributed by atoms with Crippen LogP contribution in [0.15, 0.2) is 23.1 Å². The van der Waals surface area contributed by atoms with Crippen molar-refractivity contribution in [3.05, 3.63) is 29.3 Å². The molecule has 1 atom stereocenters. The molecule has 0 saturated carbocycles. The first-order valence-corrected chi connectivity index (χ1v) is 8.76. The van der Waals surface area contributed by atoms with Crippen LogP contribution in [0.2, 0.25) is 0 Å². The predicted molar refractivity (Wildman–Crippen MR) is 83.1 cm³/mol. The topological polar surface area (TPSA) is 75.7 Å². The van der Waals surface area contributed by atoms with Crippen LogP contribution in [0.25, 0.3) is 0 Å². The Labute approximate surface area is 131 Å². The summed E-state index contributed by atoms with van der Waals surface area (Å²) in [7, 11) is -3.71. The Bertz CT molecular complexity index is 652. The molecular formula is C15H22N2O4S. The lowest BCUT2D eigenvalue weighted by molar-refractivity contribution is -0.136. The molecule has 0 bridgehead atoms. The number of carbonyl (C=O) groups excluding carboxylic acids is 1. The quantitative estimate of drug-likeness (QED) is 0.889. The fraction of sp³-hybridized carbons (Fsp3) is 0.533. The second-order valence-electron chi connectivity index (χ2n) is 5.53. The highest BCUT2D eigenvalue weighted by atomic mass is 32.2. The van der Waals surface area contributed by atoms with Crippen molar-refractivity contribution in [2.75, 3.05) is 26.3 Å². The van der Waals surface area contributed by atoms with Crippen molar-refractivity contribution in [1.29, 1.82) is 0 Å². The number of nitrogens with zero attached hydrogens (tertiary/aromatic N) is 1. The Kier molecular flexibility index (Phi) is 5.20. The Morgan fingerprint density at radius 2 is 1.86 bits per heavy atom. The Morgan fingerprint density at radius 3 is 2.45 bits per heavy atom. The van der Waals surface area contributed by atoms with E-state index in [2.05, 4.69) is 4.72 Å². The second kappa shape index (κ2) is 6.76. The van der Waals surface area contributed by atoms with Crippen molar-refractivity contribution in [2.24, 2.45) is 0 Å². The predicted octanol–water partition coefficient (Wildman–Crippen LogP) is 0.829. The van der Waals surface area contributed by atoms with E-state index in [4.69, 9.17) is 4.74 Å². The second-order valence-corrected chi connectivity index (χ2v) is 7.24. The highest BCUT2D eigenvalue weighted by Gasteiger charge is 2.27. The molecule has 2 rings (SSSR count). The summed E-state index contributed by atoms with van der Waals surface area (Å²) in [6.45, 7) is 7.31. The number of ether oxygens (including phenoxy) is 1. The number of hydrogen-bond acceptors (Lipinski definition) is 4. The van der Waals surface area contributed by atoms with Crippen molar-refractivity contribution >= 4 is 15.9 Å². The van der Waals surface area contributed by atoms with E-state index in [1.165, 1.54) is 0 Å². The minimum absolute atomic E-state index is 0.178. The van der Waals surface area contributed by atoms with Crippen LogP contribution >= 0.6 is 0 Å². The molecule has 122 valence electrons. The third-order valence-electron chi connectivity index (χ3n) is 3.81. The van der Waals surface area contributed by atoms with Crippen molar-refractivity contribution in [3.8, 4) is 0 Å². The zero-order chi connectivity index (χ0) is 16.3. The van der Waals surface area contributed by atoms with Gasteiger partial charge in [0.2, 0.25) is 15.9 Å². The zero-order valence-corrected chi connectivity index (χ0v) is 13.9. The Balaban J connectivity index is 2.10. The molecule has 1 N–H and O–H groups in total. The van der Waals surface area contributed by atoms with Gasteiger partial charge >= 0.3 is 0 Å². The molecule has 7 heteroatoms. The smallest absolute Gasteiger partial charge is 0.241 e. The van der Waals surface area contributed by atoms with Crippen molar-refractivity contribution in [2.45, 2.75) is 31.7 Å². The standard InChI is InChI=1S/C15H22N2O4S/c1-11-4-5-14(10-12(11)2)22(19,20)16-13(3)15(18)17-6-8-21-9-7-17/h4-5,10,13,16H,6-9H2,1-3H3/t13-/m0/s1. The number of benzene rings is 1. The first-order valence-electron chi connectivity index (χ1n) is 7.27. The molecule has 0 aromatic heterocycles. The van der Waals surface area contributed by atoms with Crippen molar-refractivity contribution < 1.29 is 17.9 Å². The minimum atomic E-state index is -3.71. The van der Waals surface area contributed by atoms with E-state index in [9.17, 15) is 13.2 Å². The summed E-state index contributed by atoms with van der Waals surface area (Å²) in [6, 6.07) is 4.13. The maximum atomic E-state index is 12.4. The van der Waals surface area contributed by atoms with Crippen LogP contribution in [0.3, 0.4) is 0 Å². The summed E-state index contributed by atoms with van der Waals surface area (Å²) in [6.07, 6.45) is 0. The molecule has 6 nitrogen and oxygen atoms in total. The minimum Gasteiger partial charge on any atom is -0.378 e. The maximum Gasteiger partial charge on any atom is 0.241 e. The summed E-state index contributed by atoms with van der Waals surface area (Å²) >= 11 is 0. The van der Waals surface area contributed by atoms with Gasteiger partial charge in [0, 0.05) is 13.1 Å². The van der Waals surface area contributed by atoms with Crippen LogP contribution in [0.1, 0.15) is 18.1 Å². The van der Waals surface area contributed by atoms with Crippen molar-refractivity contribution in [1.82, 2.24) is 9.62 Å². The van der Waals surface area contributed by atoms with Crippen LogP contribution in [0.5, 0.6) is 0 Å². The van der Waals surface area contributed by atoms with Gasteiger partial charge in [0.25, 0.3) is 0 Å². The molecule has 1 saturated heterocycles. The van der Waals surface area contributed by atoms with Gasteiger partial charge < -0.3 is 9.64 Å². The van der Waals surface area contributed by atoms with Crippen LogP contribution in [0.4, 0.5) is 0 Å². The van der Waals surface area contributed by atoms with E-state index in [0.717, 1.165) is 11.1 Å². The zero-order valence-electron chi connectivity index (χ0n) is 13.1. The highest BCUT2D eigenvalue weighted by Crippen LogP contribution is 2.15. The van der Waals surface area contributed by atoms with E-state index < -0.39 is 16.1 Å². The van der Waals surface area contributed by atoms with E-state index in [1.54, 1.807) is 30.0 Å². The van der Waals surface area contributed by atoms with E-state index in [0.29, 0.717) is 26.3 Å². The van der Waals surface area contributed by atoms with Crippen LogP contribution in [-0.4, -0.2) is 51.6 Å². The lowest BCUT2D eigenvalue weighted by atomic mass is 10.1. The molecule has 1 aromatic carbocycles. The highest BCUT2D eigenvalue weighted by molar-refractivity contribution is 7.89. The monoisotopic (exact) mass is 326 g/mol. The Morgan fingerprint density at radius 1 is 1.23 bits per heavy atom. The number of carbonyl (C=O) groups is 1. The molecular weight excluding hydrogens is 304 g/mol. The molecule has 22 heavy (non-hydrogen) atoms. The van der Waals surface area contributed by atoms with Gasteiger partial charge in [-0.2, -0.15) is 4.72 Å². The van der Waals surface area contributed by atoms with Crippen LogP contribution < -0.4 is 4.72 Å². The lowest BCUT2D eigenvalue weighted by Gasteiger charge is -2.29. The first kappa shape index (κ1) is 16.9. The number of amides is 1. The van der Waals surface area contributed by atoms with E-state index in [1.807, 2.05) is 13.8 Å². The van der Waals surface area contributed by atoms with Crippen LogP contribution in [0, 0.1) is 13.8 Å². The molecule has 1 aliphatic heterocycles. The van der Waals surface area contributed by atoms with Gasteiger partial charge in [-0.1, -0.05) is 6.07 Å². The summed E-state index contributed by atoms with van der Waals surface area (Å²) in [4.78, 5) is 14.1.